The van der Waals surface area contributed by atoms with Gasteiger partial charge in [-0.15, -0.1) is 0 Å². The minimum Gasteiger partial charge on any atom is -0.479 e. The summed E-state index contributed by atoms with van der Waals surface area (Å²) in [6, 6.07) is 6.29. The van der Waals surface area contributed by atoms with E-state index in [-0.39, 0.29) is 0 Å². The second-order valence-corrected chi connectivity index (χ2v) is 4.53. The van der Waals surface area contributed by atoms with Crippen LogP contribution in [0.4, 0.5) is 17.2 Å². The first-order valence-electron chi connectivity index (χ1n) is 5.99. The Morgan fingerprint density at radius 1 is 1.11 bits per heavy atom. The van der Waals surface area contributed by atoms with Gasteiger partial charge in [-0.05, 0) is 37.1 Å². The van der Waals surface area contributed by atoms with E-state index in [9.17, 15) is 0 Å². The van der Waals surface area contributed by atoms with Crippen LogP contribution in [0.5, 0.6) is 5.88 Å². The molecule has 1 aromatic heterocycles. The fraction of sp³-hybridized carbons (Fsp3) is 0.286. The van der Waals surface area contributed by atoms with Gasteiger partial charge in [-0.1, -0.05) is 6.07 Å². The largest absolute Gasteiger partial charge is 0.479 e. The molecule has 5 nitrogen and oxygen atoms in total. The summed E-state index contributed by atoms with van der Waals surface area (Å²) in [4.78, 5) is 10.1. The molecule has 5 heteroatoms. The van der Waals surface area contributed by atoms with E-state index < -0.39 is 0 Å². The van der Waals surface area contributed by atoms with Gasteiger partial charge in [0, 0.05) is 12.7 Å². The zero-order valence-corrected chi connectivity index (χ0v) is 11.6. The molecule has 0 aliphatic heterocycles. The summed E-state index contributed by atoms with van der Waals surface area (Å²) in [5.74, 6) is 1.03. The highest BCUT2D eigenvalue weighted by molar-refractivity contribution is 5.74. The van der Waals surface area contributed by atoms with Crippen molar-refractivity contribution in [3.63, 3.8) is 0 Å². The van der Waals surface area contributed by atoms with Gasteiger partial charge in [0.2, 0.25) is 5.88 Å². The molecule has 2 rings (SSSR count). The van der Waals surface area contributed by atoms with Crippen molar-refractivity contribution in [3.05, 3.63) is 35.7 Å². The van der Waals surface area contributed by atoms with Gasteiger partial charge in [0.05, 0.1) is 7.11 Å². The third-order valence-electron chi connectivity index (χ3n) is 2.93. The molecular formula is C14H18N4O. The molecule has 0 radical (unpaired) electrons. The zero-order chi connectivity index (χ0) is 14.0. The van der Waals surface area contributed by atoms with E-state index in [1.807, 2.05) is 11.9 Å². The number of nitrogens with two attached hydrogens (primary N) is 1. The predicted molar refractivity (Wildman–Crippen MR) is 77.0 cm³/mol. The Morgan fingerprint density at radius 2 is 1.74 bits per heavy atom. The molecule has 0 bridgehead atoms. The molecule has 19 heavy (non-hydrogen) atoms. The first kappa shape index (κ1) is 13.1. The SMILES string of the molecule is COc1ncnc(N(C)c2cc(C)cc(C)c2)c1N. The van der Waals surface area contributed by atoms with E-state index in [1.54, 1.807) is 7.11 Å². The van der Waals surface area contributed by atoms with Crippen LogP contribution in [0.2, 0.25) is 0 Å². The molecule has 2 aromatic rings. The van der Waals surface area contributed by atoms with Crippen LogP contribution in [0.1, 0.15) is 11.1 Å². The minimum absolute atomic E-state index is 0.390. The van der Waals surface area contributed by atoms with Gasteiger partial charge in [0.25, 0.3) is 0 Å². The predicted octanol–water partition coefficient (Wildman–Crippen LogP) is 2.45. The van der Waals surface area contributed by atoms with Crippen LogP contribution in [-0.4, -0.2) is 24.1 Å². The van der Waals surface area contributed by atoms with E-state index in [2.05, 4.69) is 42.0 Å². The van der Waals surface area contributed by atoms with Gasteiger partial charge in [0.1, 0.15) is 12.0 Å². The maximum atomic E-state index is 6.02. The standard InChI is InChI=1S/C14H18N4O/c1-9-5-10(2)7-11(6-9)18(3)13-12(15)14(19-4)17-8-16-13/h5-8H,15H2,1-4H3. The van der Waals surface area contributed by atoms with E-state index in [1.165, 1.54) is 17.5 Å². The average molecular weight is 258 g/mol. The van der Waals surface area contributed by atoms with Crippen LogP contribution in [0, 0.1) is 13.8 Å². The average Bonchev–Trinajstić information content (AvgIpc) is 2.37. The van der Waals surface area contributed by atoms with Crippen molar-refractivity contribution >= 4 is 17.2 Å². The number of benzene rings is 1. The second kappa shape index (κ2) is 5.14. The second-order valence-electron chi connectivity index (χ2n) is 4.53. The van der Waals surface area contributed by atoms with Gasteiger partial charge in [-0.25, -0.2) is 4.98 Å². The smallest absolute Gasteiger partial charge is 0.242 e. The number of aryl methyl sites for hydroxylation is 2. The van der Waals surface area contributed by atoms with Crippen LogP contribution in [-0.2, 0) is 0 Å². The van der Waals surface area contributed by atoms with E-state index in [0.717, 1.165) is 5.69 Å². The van der Waals surface area contributed by atoms with E-state index in [0.29, 0.717) is 17.4 Å². The maximum absolute atomic E-state index is 6.02. The van der Waals surface area contributed by atoms with Gasteiger partial charge in [0.15, 0.2) is 5.82 Å². The summed E-state index contributed by atoms with van der Waals surface area (Å²) in [5, 5.41) is 0. The molecule has 100 valence electrons. The Kier molecular flexibility index (Phi) is 3.55. The van der Waals surface area contributed by atoms with E-state index in [4.69, 9.17) is 10.5 Å². The molecule has 0 aliphatic rings. The fourth-order valence-electron chi connectivity index (χ4n) is 2.07. The molecule has 2 N–H and O–H groups in total. The molecule has 0 unspecified atom stereocenters. The molecule has 0 spiro atoms. The lowest BCUT2D eigenvalue weighted by Crippen LogP contribution is -2.14. The number of nitrogen functional groups attached to an aromatic ring is 1. The molecule has 1 heterocycles. The summed E-state index contributed by atoms with van der Waals surface area (Å²) >= 11 is 0. The summed E-state index contributed by atoms with van der Waals surface area (Å²) in [6.07, 6.45) is 1.45. The summed E-state index contributed by atoms with van der Waals surface area (Å²) in [5.41, 5.74) is 9.88. The number of nitrogens with zero attached hydrogens (tertiary/aromatic N) is 3. The lowest BCUT2D eigenvalue weighted by Gasteiger charge is -2.21. The number of rotatable bonds is 3. The number of aromatic nitrogens is 2. The molecule has 0 saturated carbocycles. The van der Waals surface area contributed by atoms with Crippen LogP contribution < -0.4 is 15.4 Å². The van der Waals surface area contributed by atoms with Crippen molar-refractivity contribution in [1.82, 2.24) is 9.97 Å². The Labute approximate surface area is 113 Å². The fourth-order valence-corrected chi connectivity index (χ4v) is 2.07. The molecule has 0 atom stereocenters. The Hall–Kier alpha value is -2.30. The molecule has 0 aliphatic carbocycles. The van der Waals surface area contributed by atoms with Crippen LogP contribution in [0.15, 0.2) is 24.5 Å². The van der Waals surface area contributed by atoms with Crippen molar-refractivity contribution in [2.75, 3.05) is 24.8 Å². The van der Waals surface area contributed by atoms with Crippen molar-refractivity contribution in [1.29, 1.82) is 0 Å². The molecular weight excluding hydrogens is 240 g/mol. The lowest BCUT2D eigenvalue weighted by molar-refractivity contribution is 0.399. The number of hydrogen-bond acceptors (Lipinski definition) is 5. The van der Waals surface area contributed by atoms with Gasteiger partial charge < -0.3 is 15.4 Å². The molecule has 0 amide bonds. The number of hydrogen-bond donors (Lipinski definition) is 1. The number of ether oxygens (including phenoxy) is 1. The first-order chi connectivity index (χ1) is 9.02. The summed E-state index contributed by atoms with van der Waals surface area (Å²) in [6.45, 7) is 4.13. The van der Waals surface area contributed by atoms with Crippen LogP contribution in [0.25, 0.3) is 0 Å². The molecule has 0 fully saturated rings. The summed E-state index contributed by atoms with van der Waals surface area (Å²) < 4.78 is 5.12. The number of anilines is 3. The van der Waals surface area contributed by atoms with Crippen LogP contribution in [0.3, 0.4) is 0 Å². The van der Waals surface area contributed by atoms with Crippen molar-refractivity contribution < 1.29 is 4.74 Å². The van der Waals surface area contributed by atoms with Gasteiger partial charge in [-0.3, -0.25) is 0 Å². The van der Waals surface area contributed by atoms with Crippen molar-refractivity contribution in [3.8, 4) is 5.88 Å². The monoisotopic (exact) mass is 258 g/mol. The Morgan fingerprint density at radius 3 is 2.32 bits per heavy atom. The Bertz CT molecular complexity index is 578. The molecule has 1 aromatic carbocycles. The normalized spacial score (nSPS) is 10.3. The maximum Gasteiger partial charge on any atom is 0.242 e. The highest BCUT2D eigenvalue weighted by atomic mass is 16.5. The van der Waals surface area contributed by atoms with Gasteiger partial charge >= 0.3 is 0 Å². The van der Waals surface area contributed by atoms with Gasteiger partial charge in [-0.2, -0.15) is 4.98 Å². The summed E-state index contributed by atoms with van der Waals surface area (Å²) in [7, 11) is 3.46. The quantitative estimate of drug-likeness (QED) is 0.916. The number of methoxy groups -OCH3 is 1. The lowest BCUT2D eigenvalue weighted by atomic mass is 10.1. The zero-order valence-electron chi connectivity index (χ0n) is 11.6. The van der Waals surface area contributed by atoms with Crippen molar-refractivity contribution in [2.24, 2.45) is 0 Å². The van der Waals surface area contributed by atoms with E-state index >= 15 is 0 Å². The third kappa shape index (κ3) is 2.59. The highest BCUT2D eigenvalue weighted by Crippen LogP contribution is 2.32. The first-order valence-corrected chi connectivity index (χ1v) is 5.99. The van der Waals surface area contributed by atoms with Crippen LogP contribution >= 0.6 is 0 Å². The molecule has 0 saturated heterocycles. The highest BCUT2D eigenvalue weighted by Gasteiger charge is 2.14. The minimum atomic E-state index is 0.390. The Balaban J connectivity index is 2.46. The third-order valence-corrected chi connectivity index (χ3v) is 2.93. The topological polar surface area (TPSA) is 64.3 Å². The van der Waals surface area contributed by atoms with Crippen molar-refractivity contribution in [2.45, 2.75) is 13.8 Å².